The predicted molar refractivity (Wildman–Crippen MR) is 64.5 cm³/mol. The minimum Gasteiger partial charge on any atom is -0.395 e. The van der Waals surface area contributed by atoms with Crippen molar-refractivity contribution in [3.8, 4) is 0 Å². The maximum atomic E-state index is 12.0. The third-order valence-corrected chi connectivity index (χ3v) is 4.01. The summed E-state index contributed by atoms with van der Waals surface area (Å²) in [5.41, 5.74) is 8.64. The van der Waals surface area contributed by atoms with Crippen LogP contribution >= 0.6 is 11.3 Å². The maximum absolute atomic E-state index is 12.0. The van der Waals surface area contributed by atoms with E-state index in [4.69, 9.17) is 5.73 Å². The molecule has 0 fully saturated rings. The highest BCUT2D eigenvalue weighted by Crippen LogP contribution is 2.30. The molecule has 1 aliphatic rings. The average molecular weight is 217 g/mol. The van der Waals surface area contributed by atoms with Gasteiger partial charge in [0.25, 0.3) is 0 Å². The van der Waals surface area contributed by atoms with Crippen molar-refractivity contribution in [3.63, 3.8) is 0 Å². The molecular weight excluding hydrogens is 206 g/mol. The number of rotatable bonds is 0. The first-order valence-corrected chi connectivity index (χ1v) is 5.97. The first-order valence-electron chi connectivity index (χ1n) is 5.09. The van der Waals surface area contributed by atoms with Crippen LogP contribution in [0.3, 0.4) is 0 Å². The van der Waals surface area contributed by atoms with Crippen molar-refractivity contribution in [1.82, 2.24) is 0 Å². The van der Waals surface area contributed by atoms with Gasteiger partial charge in [-0.3, -0.25) is 4.79 Å². The Bertz CT molecular complexity index is 600. The van der Waals surface area contributed by atoms with Crippen molar-refractivity contribution in [2.24, 2.45) is 0 Å². The van der Waals surface area contributed by atoms with Crippen LogP contribution in [0.15, 0.2) is 22.3 Å². The van der Waals surface area contributed by atoms with E-state index < -0.39 is 0 Å². The van der Waals surface area contributed by atoms with Gasteiger partial charge in [-0.2, -0.15) is 0 Å². The molecule has 0 saturated heterocycles. The van der Waals surface area contributed by atoms with Gasteiger partial charge in [-0.1, -0.05) is 6.07 Å². The van der Waals surface area contributed by atoms with E-state index in [2.05, 4.69) is 6.07 Å². The van der Waals surface area contributed by atoms with E-state index in [1.807, 2.05) is 6.07 Å². The molecule has 15 heavy (non-hydrogen) atoms. The van der Waals surface area contributed by atoms with Crippen molar-refractivity contribution >= 4 is 27.1 Å². The summed E-state index contributed by atoms with van der Waals surface area (Å²) in [4.78, 5) is 12.0. The Kier molecular flexibility index (Phi) is 1.83. The van der Waals surface area contributed by atoms with Crippen LogP contribution in [0, 0.1) is 0 Å². The average Bonchev–Trinajstić information content (AvgIpc) is 2.70. The minimum atomic E-state index is 0.0162. The Labute approximate surface area is 91.4 Å². The first kappa shape index (κ1) is 8.92. The Morgan fingerprint density at radius 3 is 3.00 bits per heavy atom. The summed E-state index contributed by atoms with van der Waals surface area (Å²) in [6, 6.07) is 4.20. The summed E-state index contributed by atoms with van der Waals surface area (Å²) in [7, 11) is 0. The van der Waals surface area contributed by atoms with E-state index in [-0.39, 0.29) is 5.43 Å². The second kappa shape index (κ2) is 3.07. The van der Waals surface area contributed by atoms with Crippen molar-refractivity contribution in [1.29, 1.82) is 0 Å². The molecule has 1 aliphatic carbocycles. The molecule has 0 spiro atoms. The molecular formula is C12H11NOS. The van der Waals surface area contributed by atoms with Crippen molar-refractivity contribution in [2.75, 3.05) is 5.73 Å². The van der Waals surface area contributed by atoms with Crippen LogP contribution in [0.1, 0.15) is 17.5 Å². The molecule has 0 atom stereocenters. The molecule has 1 heterocycles. The second-order valence-corrected chi connectivity index (χ2v) is 4.86. The van der Waals surface area contributed by atoms with Crippen LogP contribution in [0.2, 0.25) is 0 Å². The van der Waals surface area contributed by atoms with E-state index in [9.17, 15) is 4.79 Å². The number of anilines is 1. The van der Waals surface area contributed by atoms with Crippen molar-refractivity contribution in [2.45, 2.75) is 19.3 Å². The molecule has 0 aliphatic heterocycles. The van der Waals surface area contributed by atoms with Crippen LogP contribution in [-0.4, -0.2) is 0 Å². The molecule has 3 rings (SSSR count). The summed E-state index contributed by atoms with van der Waals surface area (Å²) in [5, 5.41) is 2.61. The highest BCUT2D eigenvalue weighted by Gasteiger charge is 2.16. The molecule has 2 nitrogen and oxygen atoms in total. The molecule has 3 heteroatoms. The molecule has 76 valence electrons. The number of hydrogen-bond acceptors (Lipinski definition) is 3. The van der Waals surface area contributed by atoms with Gasteiger partial charge in [0.1, 0.15) is 0 Å². The fourth-order valence-corrected chi connectivity index (χ4v) is 3.16. The highest BCUT2D eigenvalue weighted by atomic mass is 32.1. The zero-order valence-corrected chi connectivity index (χ0v) is 9.06. The molecule has 2 aromatic rings. The molecule has 2 N–H and O–H groups in total. The number of nitrogen functional groups attached to an aromatic ring is 1. The third kappa shape index (κ3) is 1.20. The van der Waals surface area contributed by atoms with Gasteiger partial charge in [-0.25, -0.2) is 0 Å². The summed E-state index contributed by atoms with van der Waals surface area (Å²) in [5.74, 6) is 0. The van der Waals surface area contributed by atoms with Gasteiger partial charge in [0.2, 0.25) is 5.43 Å². The van der Waals surface area contributed by atoms with Crippen LogP contribution in [-0.2, 0) is 12.8 Å². The fourth-order valence-electron chi connectivity index (χ4n) is 2.32. The van der Waals surface area contributed by atoms with E-state index in [0.29, 0.717) is 5.69 Å². The molecule has 0 unspecified atom stereocenters. The molecule has 0 radical (unpaired) electrons. The molecule has 0 saturated carbocycles. The van der Waals surface area contributed by atoms with Gasteiger partial charge in [-0.15, -0.1) is 11.3 Å². The number of fused-ring (bicyclic) bond motifs is 3. The highest BCUT2D eigenvalue weighted by molar-refractivity contribution is 7.16. The van der Waals surface area contributed by atoms with Crippen molar-refractivity contribution in [3.05, 3.63) is 38.9 Å². The third-order valence-electron chi connectivity index (χ3n) is 3.05. The minimum absolute atomic E-state index is 0.0162. The Morgan fingerprint density at radius 2 is 2.13 bits per heavy atom. The van der Waals surface area contributed by atoms with E-state index >= 15 is 0 Å². The van der Waals surface area contributed by atoms with Gasteiger partial charge in [0.05, 0.1) is 5.69 Å². The van der Waals surface area contributed by atoms with Crippen LogP contribution in [0.5, 0.6) is 0 Å². The molecule has 1 aromatic heterocycles. The zero-order chi connectivity index (χ0) is 10.4. The van der Waals surface area contributed by atoms with Crippen LogP contribution in [0.4, 0.5) is 5.69 Å². The predicted octanol–water partition coefficient (Wildman–Crippen LogP) is 2.33. The lowest BCUT2D eigenvalue weighted by Gasteiger charge is -2.04. The topological polar surface area (TPSA) is 43.1 Å². The monoisotopic (exact) mass is 217 g/mol. The number of aryl methyl sites for hydroxylation is 2. The normalized spacial score (nSPS) is 14.4. The fraction of sp³-hybridized carbons (Fsp3) is 0.250. The Morgan fingerprint density at radius 1 is 1.27 bits per heavy atom. The lowest BCUT2D eigenvalue weighted by molar-refractivity contribution is 0.913. The zero-order valence-electron chi connectivity index (χ0n) is 8.25. The van der Waals surface area contributed by atoms with Gasteiger partial charge >= 0.3 is 0 Å². The van der Waals surface area contributed by atoms with E-state index in [0.717, 1.165) is 29.3 Å². The lowest BCUT2D eigenvalue weighted by atomic mass is 10.1. The van der Waals surface area contributed by atoms with Gasteiger partial charge < -0.3 is 5.73 Å². The summed E-state index contributed by atoms with van der Waals surface area (Å²) >= 11 is 1.56. The van der Waals surface area contributed by atoms with Gasteiger partial charge in [0, 0.05) is 15.5 Å². The van der Waals surface area contributed by atoms with Crippen LogP contribution in [0.25, 0.3) is 10.1 Å². The molecule has 1 aromatic carbocycles. The quantitative estimate of drug-likeness (QED) is 0.736. The number of nitrogens with two attached hydrogens (primary N) is 1. The standard InChI is InChI=1S/C12H11NOS/c13-9-6-15-10-5-4-7-2-1-3-8(7)11(10)12(9)14/h4-6H,1-3,13H2. The Hall–Kier alpha value is -1.35. The smallest absolute Gasteiger partial charge is 0.211 e. The number of hydrogen-bond donors (Lipinski definition) is 1. The molecule has 0 amide bonds. The van der Waals surface area contributed by atoms with Gasteiger partial charge in [0.15, 0.2) is 0 Å². The Balaban J connectivity index is 2.53. The van der Waals surface area contributed by atoms with E-state index in [1.165, 1.54) is 11.1 Å². The van der Waals surface area contributed by atoms with Gasteiger partial charge in [-0.05, 0) is 36.5 Å². The largest absolute Gasteiger partial charge is 0.395 e. The first-order chi connectivity index (χ1) is 7.27. The summed E-state index contributed by atoms with van der Waals surface area (Å²) in [6.45, 7) is 0. The number of benzene rings is 1. The second-order valence-electron chi connectivity index (χ2n) is 3.95. The van der Waals surface area contributed by atoms with Crippen molar-refractivity contribution < 1.29 is 0 Å². The van der Waals surface area contributed by atoms with Crippen LogP contribution < -0.4 is 11.2 Å². The SMILES string of the molecule is Nc1csc2ccc3c(c2c1=O)CCC3. The lowest BCUT2D eigenvalue weighted by Crippen LogP contribution is -2.08. The summed E-state index contributed by atoms with van der Waals surface area (Å²) < 4.78 is 1.06. The van der Waals surface area contributed by atoms with E-state index in [1.54, 1.807) is 16.7 Å². The molecule has 0 bridgehead atoms. The summed E-state index contributed by atoms with van der Waals surface area (Å²) in [6.07, 6.45) is 3.29. The maximum Gasteiger partial charge on any atom is 0.211 e.